The molecule has 2 bridgehead atoms. The molecule has 0 saturated heterocycles. The summed E-state index contributed by atoms with van der Waals surface area (Å²) in [6, 6.07) is 4.44. The summed E-state index contributed by atoms with van der Waals surface area (Å²) < 4.78 is 44.0. The van der Waals surface area contributed by atoms with E-state index in [1.165, 1.54) is 9.25 Å². The topological polar surface area (TPSA) is 63.6 Å². The summed E-state index contributed by atoms with van der Waals surface area (Å²) in [6.07, 6.45) is 0.0913. The molecule has 6 rings (SSSR count). The lowest BCUT2D eigenvalue weighted by Crippen LogP contribution is -2.69. The molecule has 25 heavy (non-hydrogen) atoms. The zero-order chi connectivity index (χ0) is 17.6. The maximum atomic E-state index is 14.4. The quantitative estimate of drug-likeness (QED) is 0.840. The normalized spacial score (nSPS) is 34.8. The van der Waals surface area contributed by atoms with Crippen LogP contribution in [0.4, 0.5) is 13.2 Å². The molecular weight excluding hydrogens is 333 g/mol. The van der Waals surface area contributed by atoms with Gasteiger partial charge < -0.3 is 0 Å². The number of hydrogen-bond acceptors (Lipinski definition) is 3. The summed E-state index contributed by atoms with van der Waals surface area (Å²) in [6.45, 7) is 0. The van der Waals surface area contributed by atoms with Crippen molar-refractivity contribution in [3.05, 3.63) is 51.7 Å². The third-order valence-corrected chi connectivity index (χ3v) is 5.82. The van der Waals surface area contributed by atoms with Crippen LogP contribution in [0.2, 0.25) is 0 Å². The van der Waals surface area contributed by atoms with Crippen molar-refractivity contribution in [2.24, 2.45) is 5.41 Å². The van der Waals surface area contributed by atoms with Crippen molar-refractivity contribution in [2.45, 2.75) is 43.4 Å². The van der Waals surface area contributed by atoms with E-state index >= 15 is 0 Å². The molecule has 2 heterocycles. The fourth-order valence-electron chi connectivity index (χ4n) is 4.75. The maximum absolute atomic E-state index is 14.4. The van der Waals surface area contributed by atoms with Gasteiger partial charge in [0.1, 0.15) is 11.6 Å². The van der Waals surface area contributed by atoms with Gasteiger partial charge in [-0.3, -0.25) is 4.57 Å². The second kappa shape index (κ2) is 4.34. The number of halogens is 3. The Morgan fingerprint density at radius 1 is 1.20 bits per heavy atom. The van der Waals surface area contributed by atoms with Gasteiger partial charge in [0.2, 0.25) is 0 Å². The summed E-state index contributed by atoms with van der Waals surface area (Å²) in [5, 5.41) is 13.3. The minimum atomic E-state index is -1.47. The predicted molar refractivity (Wildman–Crippen MR) is 79.3 cm³/mol. The smallest absolute Gasteiger partial charge is 0.269 e. The third-order valence-electron chi connectivity index (χ3n) is 5.82. The Morgan fingerprint density at radius 3 is 2.44 bits per heavy atom. The summed E-state index contributed by atoms with van der Waals surface area (Å²) in [5.41, 5.74) is -1.13. The summed E-state index contributed by atoms with van der Waals surface area (Å²) in [4.78, 5) is 12.8. The molecule has 1 aliphatic heterocycles. The Kier molecular flexibility index (Phi) is 2.56. The number of alkyl halides is 1. The van der Waals surface area contributed by atoms with Crippen molar-refractivity contribution in [1.29, 1.82) is 5.26 Å². The molecule has 1 aromatic heterocycles. The largest absolute Gasteiger partial charge is 0.347 e. The Hall–Kier alpha value is -2.56. The van der Waals surface area contributed by atoms with Crippen LogP contribution in [0.25, 0.3) is 0 Å². The van der Waals surface area contributed by atoms with E-state index in [-0.39, 0.29) is 23.2 Å². The molecule has 8 heteroatoms. The predicted octanol–water partition coefficient (Wildman–Crippen LogP) is 2.73. The molecule has 5 nitrogen and oxygen atoms in total. The van der Waals surface area contributed by atoms with Gasteiger partial charge in [0, 0.05) is 12.5 Å². The first kappa shape index (κ1) is 14.8. The molecule has 0 unspecified atom stereocenters. The number of hydrogen-bond donors (Lipinski definition) is 0. The van der Waals surface area contributed by atoms with E-state index in [1.54, 1.807) is 0 Å². The molecule has 0 N–H and O–H groups in total. The SMILES string of the molecule is N#CC12CC(n3nc4n(c3=O)[C@H](c3cc(F)cc(F)c3)C[C@@H]4F)(C1)C2. The number of benzene rings is 1. The summed E-state index contributed by atoms with van der Waals surface area (Å²) in [5.74, 6) is -1.54. The number of rotatable bonds is 2. The lowest BCUT2D eigenvalue weighted by Gasteiger charge is -2.65. The zero-order valence-corrected chi connectivity index (χ0v) is 13.0. The maximum Gasteiger partial charge on any atom is 0.347 e. The lowest BCUT2D eigenvalue weighted by molar-refractivity contribution is -0.155. The van der Waals surface area contributed by atoms with E-state index in [2.05, 4.69) is 11.2 Å². The van der Waals surface area contributed by atoms with Crippen molar-refractivity contribution in [3.8, 4) is 6.07 Å². The molecule has 128 valence electrons. The molecule has 2 atom stereocenters. The van der Waals surface area contributed by atoms with Gasteiger partial charge in [-0.15, -0.1) is 0 Å². The molecule has 3 fully saturated rings. The fraction of sp³-hybridized carbons (Fsp3) is 0.471. The summed E-state index contributed by atoms with van der Waals surface area (Å²) >= 11 is 0. The number of nitrogens with zero attached hydrogens (tertiary/aromatic N) is 4. The van der Waals surface area contributed by atoms with Crippen molar-refractivity contribution in [1.82, 2.24) is 14.3 Å². The van der Waals surface area contributed by atoms with Crippen LogP contribution >= 0.6 is 0 Å². The molecule has 0 radical (unpaired) electrons. The van der Waals surface area contributed by atoms with Gasteiger partial charge in [-0.25, -0.2) is 22.6 Å². The van der Waals surface area contributed by atoms with E-state index < -0.39 is 35.1 Å². The molecule has 0 amide bonds. The van der Waals surface area contributed by atoms with Gasteiger partial charge >= 0.3 is 5.69 Å². The second-order valence-corrected chi connectivity index (χ2v) is 7.49. The lowest BCUT2D eigenvalue weighted by atomic mass is 9.40. The Labute approximate surface area is 140 Å². The minimum absolute atomic E-state index is 0.00426. The van der Waals surface area contributed by atoms with Crippen LogP contribution in [0, 0.1) is 28.4 Å². The van der Waals surface area contributed by atoms with Crippen molar-refractivity contribution >= 4 is 0 Å². The van der Waals surface area contributed by atoms with Gasteiger partial charge in [-0.1, -0.05) is 0 Å². The van der Waals surface area contributed by atoms with E-state index in [1.807, 2.05) is 0 Å². The van der Waals surface area contributed by atoms with E-state index in [4.69, 9.17) is 5.26 Å². The monoisotopic (exact) mass is 346 g/mol. The molecule has 3 aliphatic carbocycles. The Balaban J connectivity index is 1.59. The Morgan fingerprint density at radius 2 is 1.84 bits per heavy atom. The standard InChI is InChI=1S/C17H13F3N4O/c18-10-1-9(2-11(19)3-10)13-4-12(20)14-22-24(15(25)23(13)14)17-5-16(6-17,7-17)8-21/h1-3,12-13H,4-7H2/t12-,13-,16?,17?/m0/s1. The molecular formula is C17H13F3N4O. The first-order chi connectivity index (χ1) is 11.9. The highest BCUT2D eigenvalue weighted by Gasteiger charge is 2.71. The number of nitriles is 1. The van der Waals surface area contributed by atoms with Crippen LogP contribution in [0.5, 0.6) is 0 Å². The number of fused-ring (bicyclic) bond motifs is 1. The van der Waals surface area contributed by atoms with Crippen LogP contribution in [-0.4, -0.2) is 14.3 Å². The first-order valence-corrected chi connectivity index (χ1v) is 8.10. The van der Waals surface area contributed by atoms with E-state index in [0.717, 1.165) is 18.2 Å². The van der Waals surface area contributed by atoms with Crippen LogP contribution in [0.1, 0.15) is 49.3 Å². The molecule has 4 aliphatic rings. The van der Waals surface area contributed by atoms with Crippen molar-refractivity contribution in [3.63, 3.8) is 0 Å². The van der Waals surface area contributed by atoms with E-state index in [9.17, 15) is 18.0 Å². The van der Waals surface area contributed by atoms with Gasteiger partial charge in [0.05, 0.1) is 23.1 Å². The molecule has 0 spiro atoms. The second-order valence-electron chi connectivity index (χ2n) is 7.49. The van der Waals surface area contributed by atoms with Gasteiger partial charge in [0.25, 0.3) is 0 Å². The minimum Gasteiger partial charge on any atom is -0.269 e. The Bertz CT molecular complexity index is 978. The van der Waals surface area contributed by atoms with Crippen molar-refractivity contribution in [2.75, 3.05) is 0 Å². The zero-order valence-electron chi connectivity index (χ0n) is 13.0. The fourth-order valence-corrected chi connectivity index (χ4v) is 4.75. The van der Waals surface area contributed by atoms with Gasteiger partial charge in [-0.2, -0.15) is 10.4 Å². The summed E-state index contributed by atoms with van der Waals surface area (Å²) in [7, 11) is 0. The first-order valence-electron chi connectivity index (χ1n) is 8.10. The molecule has 1 aromatic carbocycles. The van der Waals surface area contributed by atoms with Crippen LogP contribution in [0.15, 0.2) is 23.0 Å². The third kappa shape index (κ3) is 1.73. The van der Waals surface area contributed by atoms with Crippen LogP contribution < -0.4 is 5.69 Å². The highest BCUT2D eigenvalue weighted by Crippen LogP contribution is 2.70. The highest BCUT2D eigenvalue weighted by molar-refractivity contribution is 5.30. The van der Waals surface area contributed by atoms with Gasteiger partial charge in [0.15, 0.2) is 12.0 Å². The molecule has 2 aromatic rings. The van der Waals surface area contributed by atoms with Crippen molar-refractivity contribution < 1.29 is 13.2 Å². The average molecular weight is 346 g/mol. The van der Waals surface area contributed by atoms with Gasteiger partial charge in [-0.05, 0) is 37.0 Å². The van der Waals surface area contributed by atoms with Crippen LogP contribution in [0.3, 0.4) is 0 Å². The molecule has 3 saturated carbocycles. The highest BCUT2D eigenvalue weighted by atomic mass is 19.1. The van der Waals surface area contributed by atoms with E-state index in [0.29, 0.717) is 19.3 Å². The average Bonchev–Trinajstić information content (AvgIpc) is 2.96. The number of aromatic nitrogens is 3. The van der Waals surface area contributed by atoms with Crippen LogP contribution in [-0.2, 0) is 5.54 Å².